The largest absolute Gasteiger partial charge is 0.472 e. The van der Waals surface area contributed by atoms with Gasteiger partial charge in [-0.2, -0.15) is 0 Å². The lowest BCUT2D eigenvalue weighted by Gasteiger charge is -2.41. The summed E-state index contributed by atoms with van der Waals surface area (Å²) < 4.78 is 33.5. The van der Waals surface area contributed by atoms with E-state index in [9.17, 15) is 49.7 Å². The Morgan fingerprint density at radius 2 is 1.06 bits per heavy atom. The van der Waals surface area contributed by atoms with Gasteiger partial charge in [0.15, 0.2) is 6.10 Å². The van der Waals surface area contributed by atoms with Crippen molar-refractivity contribution in [1.82, 2.24) is 0 Å². The third-order valence-corrected chi connectivity index (χ3v) is 11.5. The van der Waals surface area contributed by atoms with E-state index in [0.29, 0.717) is 19.3 Å². The van der Waals surface area contributed by atoms with E-state index in [4.69, 9.17) is 18.5 Å². The average molecular weight is 951 g/mol. The van der Waals surface area contributed by atoms with E-state index < -0.39 is 81.8 Å². The van der Waals surface area contributed by atoms with Crippen molar-refractivity contribution in [2.24, 2.45) is 0 Å². The second-order valence-electron chi connectivity index (χ2n) is 16.4. The first kappa shape index (κ1) is 60.7. The van der Waals surface area contributed by atoms with Crippen LogP contribution in [0.4, 0.5) is 0 Å². The highest BCUT2D eigenvalue weighted by Crippen LogP contribution is 2.47. The van der Waals surface area contributed by atoms with Crippen LogP contribution in [0.3, 0.4) is 0 Å². The lowest BCUT2D eigenvalue weighted by molar-refractivity contribution is -0.220. The van der Waals surface area contributed by atoms with Gasteiger partial charge in [0.05, 0.1) is 12.7 Å². The summed E-state index contributed by atoms with van der Waals surface area (Å²) in [5.41, 5.74) is 0. The summed E-state index contributed by atoms with van der Waals surface area (Å²) in [6.07, 6.45) is 36.3. The summed E-state index contributed by atoms with van der Waals surface area (Å²) in [6.45, 7) is 2.99. The molecule has 1 fully saturated rings. The number of esters is 2. The van der Waals surface area contributed by atoms with Crippen molar-refractivity contribution in [1.29, 1.82) is 0 Å². The fraction of sp³-hybridized carbons (Fsp3) is 0.647. The quantitative estimate of drug-likeness (QED) is 0.0101. The Bertz CT molecular complexity index is 1540. The maximum atomic E-state index is 12.8. The minimum atomic E-state index is -5.15. The number of phosphoric ester groups is 1. The summed E-state index contributed by atoms with van der Waals surface area (Å²) in [4.78, 5) is 35.8. The van der Waals surface area contributed by atoms with Gasteiger partial charge in [0.1, 0.15) is 43.2 Å². The molecule has 0 aromatic carbocycles. The predicted octanol–water partition coefficient (Wildman–Crippen LogP) is 8.80. The van der Waals surface area contributed by atoms with Crippen molar-refractivity contribution in [3.05, 3.63) is 97.2 Å². The molecule has 1 aliphatic carbocycles. The molecule has 14 nitrogen and oxygen atoms in total. The number of carbonyl (C=O) groups is 2. The summed E-state index contributed by atoms with van der Waals surface area (Å²) in [5, 5.41) is 60.1. The highest BCUT2D eigenvalue weighted by Gasteiger charge is 2.51. The number of carbonyl (C=O) groups excluding carboxylic acids is 2. The molecule has 1 rings (SSSR count). The lowest BCUT2D eigenvalue weighted by Crippen LogP contribution is -2.64. The molecule has 0 spiro atoms. The molecule has 0 saturated heterocycles. The van der Waals surface area contributed by atoms with Gasteiger partial charge in [-0.15, -0.1) is 0 Å². The second kappa shape index (κ2) is 39.7. The van der Waals surface area contributed by atoms with Crippen LogP contribution in [0, 0.1) is 0 Å². The fourth-order valence-corrected chi connectivity index (χ4v) is 7.59. The maximum Gasteiger partial charge on any atom is 0.472 e. The number of hydrogen-bond donors (Lipinski definition) is 7. The number of rotatable bonds is 38. The van der Waals surface area contributed by atoms with E-state index in [2.05, 4.69) is 62.5 Å². The number of ether oxygens (including phenoxy) is 2. The van der Waals surface area contributed by atoms with Gasteiger partial charge in [0, 0.05) is 12.8 Å². The zero-order chi connectivity index (χ0) is 48.7. The van der Waals surface area contributed by atoms with Crippen LogP contribution in [0.2, 0.25) is 0 Å². The van der Waals surface area contributed by atoms with Crippen LogP contribution in [0.15, 0.2) is 97.2 Å². The molecule has 1 aliphatic rings. The van der Waals surface area contributed by atoms with Crippen LogP contribution in [0.5, 0.6) is 0 Å². The lowest BCUT2D eigenvalue weighted by atomic mass is 9.85. The van der Waals surface area contributed by atoms with Crippen LogP contribution >= 0.6 is 7.82 Å². The first-order valence-electron chi connectivity index (χ1n) is 24.1. The fourth-order valence-electron chi connectivity index (χ4n) is 6.62. The zero-order valence-electron chi connectivity index (χ0n) is 39.6. The monoisotopic (exact) mass is 951 g/mol. The highest BCUT2D eigenvalue weighted by molar-refractivity contribution is 7.47. The third kappa shape index (κ3) is 31.7. The molecule has 0 aliphatic heterocycles. The van der Waals surface area contributed by atoms with Crippen molar-refractivity contribution in [3.8, 4) is 0 Å². The molecule has 9 atom stereocenters. The predicted molar refractivity (Wildman–Crippen MR) is 259 cm³/mol. The number of aliphatic hydroxyl groups excluding tert-OH is 6. The molecular weight excluding hydrogens is 868 g/mol. The molecule has 1 saturated carbocycles. The molecule has 0 aromatic rings. The molecule has 0 bridgehead atoms. The van der Waals surface area contributed by atoms with Crippen molar-refractivity contribution >= 4 is 19.8 Å². The first-order chi connectivity index (χ1) is 31.8. The Balaban J connectivity index is 2.51. The van der Waals surface area contributed by atoms with Crippen molar-refractivity contribution in [2.75, 3.05) is 13.2 Å². The van der Waals surface area contributed by atoms with Gasteiger partial charge < -0.3 is 45.0 Å². The van der Waals surface area contributed by atoms with E-state index in [0.717, 1.165) is 103 Å². The molecule has 7 N–H and O–H groups in total. The van der Waals surface area contributed by atoms with E-state index in [1.54, 1.807) is 6.08 Å². The standard InChI is InChI=1S/C51H83O14P/c1-3-5-7-8-9-10-11-12-13-14-15-16-17-18-21-25-28-31-35-39-45(54)64-43(41-63-66(60,61)65-51-49(58)47(56)46(55)48(57)50(51)59)40-62-44(53)38-34-30-27-24-22-19-20-23-26-29-33-37-42(52)36-32-6-4-2/h5,7,9-10,12-13,15-16,19-20,24,26-27,29,33,37,42-43,46-52,55-59H,3-4,6,8,11,14,17-18,21-23,25,28,30-32,34-36,38-41H2,1-2H3,(H,60,61)/b7-5-,10-9-,13-12-,16-15-,20-19-,27-24-,29-26-,37-33+/t42-,43-,46?,47-,48+,49-,50-,51?/m1/s1. The number of hydrogen-bond acceptors (Lipinski definition) is 13. The van der Waals surface area contributed by atoms with Crippen molar-refractivity contribution < 1.29 is 68.2 Å². The molecule has 0 heterocycles. The van der Waals surface area contributed by atoms with Gasteiger partial charge in [-0.05, 0) is 77.0 Å². The van der Waals surface area contributed by atoms with Gasteiger partial charge >= 0.3 is 19.8 Å². The van der Waals surface area contributed by atoms with Gasteiger partial charge in [-0.25, -0.2) is 4.57 Å². The topological polar surface area (TPSA) is 230 Å². The van der Waals surface area contributed by atoms with Crippen LogP contribution in [0.25, 0.3) is 0 Å². The molecule has 15 heteroatoms. The Hall–Kier alpha value is -3.27. The number of allylic oxidation sites excluding steroid dienone is 15. The van der Waals surface area contributed by atoms with E-state index in [1.165, 1.54) is 0 Å². The molecule has 0 amide bonds. The normalized spacial score (nSPS) is 22.6. The smallest absolute Gasteiger partial charge is 0.462 e. The SMILES string of the molecule is CC/C=C\C/C=C\C/C=C\C/C=C\CCCCCCCCC(=O)O[C@H](COC(=O)CCC/C=C\C/C=C\C/C=C\C=C\[C@H](O)CCCCC)COP(=O)(O)OC1[C@H](O)[C@H](O)C(O)[C@H](O)[C@H]1O. The molecule has 3 unspecified atom stereocenters. The van der Waals surface area contributed by atoms with Gasteiger partial charge in [-0.1, -0.05) is 156 Å². The summed E-state index contributed by atoms with van der Waals surface area (Å²) in [6, 6.07) is 0. The minimum Gasteiger partial charge on any atom is -0.462 e. The maximum absolute atomic E-state index is 12.8. The van der Waals surface area contributed by atoms with E-state index >= 15 is 0 Å². The van der Waals surface area contributed by atoms with Gasteiger partial charge in [-0.3, -0.25) is 18.6 Å². The van der Waals surface area contributed by atoms with Crippen LogP contribution < -0.4 is 0 Å². The molecule has 0 radical (unpaired) electrons. The summed E-state index contributed by atoms with van der Waals surface area (Å²) in [7, 11) is -5.15. The average Bonchev–Trinajstić information content (AvgIpc) is 3.29. The van der Waals surface area contributed by atoms with Crippen molar-refractivity contribution in [3.63, 3.8) is 0 Å². The van der Waals surface area contributed by atoms with E-state index in [1.807, 2.05) is 42.5 Å². The molecule has 66 heavy (non-hydrogen) atoms. The number of phosphoric acid groups is 1. The summed E-state index contributed by atoms with van der Waals surface area (Å²) >= 11 is 0. The zero-order valence-corrected chi connectivity index (χ0v) is 40.4. The first-order valence-corrected chi connectivity index (χ1v) is 25.6. The van der Waals surface area contributed by atoms with E-state index in [-0.39, 0.29) is 12.8 Å². The Kier molecular flexibility index (Phi) is 36.5. The van der Waals surface area contributed by atoms with Crippen LogP contribution in [0.1, 0.15) is 149 Å². The molecule has 0 aromatic heterocycles. The van der Waals surface area contributed by atoms with Crippen LogP contribution in [-0.2, 0) is 32.7 Å². The van der Waals surface area contributed by atoms with Crippen LogP contribution in [-0.4, -0.2) is 110 Å². The number of aliphatic hydroxyl groups is 6. The number of unbranched alkanes of at least 4 members (excludes halogenated alkanes) is 9. The Labute approximate surface area is 394 Å². The Morgan fingerprint density at radius 3 is 1.65 bits per heavy atom. The second-order valence-corrected chi connectivity index (χ2v) is 17.8. The molecule has 376 valence electrons. The Morgan fingerprint density at radius 1 is 0.561 bits per heavy atom. The van der Waals surface area contributed by atoms with Gasteiger partial charge in [0.2, 0.25) is 0 Å². The van der Waals surface area contributed by atoms with Gasteiger partial charge in [0.25, 0.3) is 0 Å². The minimum absolute atomic E-state index is 0.0536. The van der Waals surface area contributed by atoms with Crippen molar-refractivity contribution in [2.45, 2.75) is 198 Å². The third-order valence-electron chi connectivity index (χ3n) is 10.5. The summed E-state index contributed by atoms with van der Waals surface area (Å²) in [5.74, 6) is -1.22. The highest BCUT2D eigenvalue weighted by atomic mass is 31.2. The molecular formula is C51H83O14P.